The first-order chi connectivity index (χ1) is 11.5. The molecule has 0 saturated carbocycles. The molecule has 25 heavy (non-hydrogen) atoms. The predicted molar refractivity (Wildman–Crippen MR) is 96.3 cm³/mol. The van der Waals surface area contributed by atoms with Crippen molar-refractivity contribution in [2.45, 2.75) is 38.1 Å². The second kappa shape index (κ2) is 8.85. The van der Waals surface area contributed by atoms with Gasteiger partial charge in [0.2, 0.25) is 17.7 Å². The Hall–Kier alpha value is -1.34. The standard InChI is InChI=1S/C17H28N4O3.ClH/c1-20-11-13(8-15(20)22)17(24)21-7-3-4-12(10-21)9-19-16(23)14-5-2-6-18-14;/h12-14,18H,2-11H2,1H3,(H,19,23);1H. The molecule has 3 amide bonds. The molecule has 3 aliphatic heterocycles. The van der Waals surface area contributed by atoms with E-state index in [0.29, 0.717) is 32.0 Å². The van der Waals surface area contributed by atoms with E-state index in [0.717, 1.165) is 38.8 Å². The van der Waals surface area contributed by atoms with Crippen LogP contribution in [0.15, 0.2) is 0 Å². The maximum Gasteiger partial charge on any atom is 0.237 e. The summed E-state index contributed by atoms with van der Waals surface area (Å²) in [7, 11) is 1.75. The molecule has 3 rings (SSSR count). The van der Waals surface area contributed by atoms with E-state index in [1.165, 1.54) is 0 Å². The summed E-state index contributed by atoms with van der Waals surface area (Å²) in [6, 6.07) is -0.0497. The Bertz CT molecular complexity index is 510. The topological polar surface area (TPSA) is 81.8 Å². The molecule has 0 spiro atoms. The largest absolute Gasteiger partial charge is 0.354 e. The maximum atomic E-state index is 12.6. The monoisotopic (exact) mass is 372 g/mol. The van der Waals surface area contributed by atoms with E-state index in [1.54, 1.807) is 11.9 Å². The number of amides is 3. The number of nitrogens with one attached hydrogen (secondary N) is 2. The number of hydrogen-bond acceptors (Lipinski definition) is 4. The van der Waals surface area contributed by atoms with Crippen molar-refractivity contribution in [1.82, 2.24) is 20.4 Å². The lowest BCUT2D eigenvalue weighted by Gasteiger charge is -2.34. The van der Waals surface area contributed by atoms with Crippen molar-refractivity contribution in [1.29, 1.82) is 0 Å². The van der Waals surface area contributed by atoms with Crippen LogP contribution in [0.1, 0.15) is 32.1 Å². The SMILES string of the molecule is CN1CC(C(=O)N2CCCC(CNC(=O)C3CCCN3)C2)CC1=O.Cl. The summed E-state index contributed by atoms with van der Waals surface area (Å²) in [5.41, 5.74) is 0. The molecule has 3 saturated heterocycles. The van der Waals surface area contributed by atoms with Crippen LogP contribution in [0, 0.1) is 11.8 Å². The maximum absolute atomic E-state index is 12.6. The Labute approximate surface area is 155 Å². The minimum absolute atomic E-state index is 0. The van der Waals surface area contributed by atoms with Gasteiger partial charge >= 0.3 is 0 Å². The van der Waals surface area contributed by atoms with E-state index in [1.807, 2.05) is 4.90 Å². The molecule has 2 N–H and O–H groups in total. The Morgan fingerprint density at radius 2 is 2.04 bits per heavy atom. The van der Waals surface area contributed by atoms with Crippen molar-refractivity contribution in [3.8, 4) is 0 Å². The summed E-state index contributed by atoms with van der Waals surface area (Å²) >= 11 is 0. The van der Waals surface area contributed by atoms with Gasteiger partial charge in [-0.05, 0) is 38.1 Å². The molecular weight excluding hydrogens is 344 g/mol. The lowest BCUT2D eigenvalue weighted by atomic mass is 9.96. The van der Waals surface area contributed by atoms with Crippen LogP contribution < -0.4 is 10.6 Å². The lowest BCUT2D eigenvalue weighted by molar-refractivity contribution is -0.137. The average molecular weight is 373 g/mol. The molecule has 0 radical (unpaired) electrons. The summed E-state index contributed by atoms with van der Waals surface area (Å²) in [6.07, 6.45) is 4.29. The fourth-order valence-electron chi connectivity index (χ4n) is 4.00. The molecule has 3 atom stereocenters. The predicted octanol–water partition coefficient (Wildman–Crippen LogP) is -0.00670. The van der Waals surface area contributed by atoms with Gasteiger partial charge in [0.25, 0.3) is 0 Å². The molecule has 3 fully saturated rings. The van der Waals surface area contributed by atoms with Crippen molar-refractivity contribution < 1.29 is 14.4 Å². The van der Waals surface area contributed by atoms with Gasteiger partial charge in [-0.3, -0.25) is 14.4 Å². The molecule has 3 aliphatic rings. The van der Waals surface area contributed by atoms with Gasteiger partial charge in [-0.1, -0.05) is 0 Å². The Morgan fingerprint density at radius 3 is 2.68 bits per heavy atom. The first-order valence-corrected chi connectivity index (χ1v) is 9.08. The Kier molecular flexibility index (Phi) is 7.07. The van der Waals surface area contributed by atoms with E-state index >= 15 is 0 Å². The molecule has 8 heteroatoms. The molecule has 0 aliphatic carbocycles. The number of carbonyl (C=O) groups excluding carboxylic acids is 3. The molecule has 142 valence electrons. The smallest absolute Gasteiger partial charge is 0.237 e. The zero-order chi connectivity index (χ0) is 17.1. The highest BCUT2D eigenvalue weighted by Crippen LogP contribution is 2.23. The van der Waals surface area contributed by atoms with E-state index < -0.39 is 0 Å². The van der Waals surface area contributed by atoms with Crippen LogP contribution in [-0.4, -0.2) is 73.3 Å². The van der Waals surface area contributed by atoms with Gasteiger partial charge in [0.05, 0.1) is 12.0 Å². The van der Waals surface area contributed by atoms with Crippen LogP contribution in [0.2, 0.25) is 0 Å². The van der Waals surface area contributed by atoms with Crippen LogP contribution in [0.25, 0.3) is 0 Å². The van der Waals surface area contributed by atoms with Crippen LogP contribution in [0.4, 0.5) is 0 Å². The van der Waals surface area contributed by atoms with E-state index in [4.69, 9.17) is 0 Å². The summed E-state index contributed by atoms with van der Waals surface area (Å²) in [6.45, 7) is 3.53. The van der Waals surface area contributed by atoms with Gasteiger partial charge in [-0.2, -0.15) is 0 Å². The molecule has 0 aromatic rings. The number of likely N-dealkylation sites (tertiary alicyclic amines) is 2. The molecular formula is C17H29ClN4O3. The van der Waals surface area contributed by atoms with Gasteiger partial charge in [0.1, 0.15) is 0 Å². The number of carbonyl (C=O) groups is 3. The molecule has 0 aromatic heterocycles. The highest BCUT2D eigenvalue weighted by molar-refractivity contribution is 5.89. The highest BCUT2D eigenvalue weighted by atomic mass is 35.5. The van der Waals surface area contributed by atoms with Gasteiger partial charge < -0.3 is 20.4 Å². The van der Waals surface area contributed by atoms with Gasteiger partial charge in [0.15, 0.2) is 0 Å². The van der Waals surface area contributed by atoms with E-state index in [2.05, 4.69) is 10.6 Å². The van der Waals surface area contributed by atoms with Crippen LogP contribution >= 0.6 is 12.4 Å². The van der Waals surface area contributed by atoms with Crippen LogP contribution in [0.3, 0.4) is 0 Å². The first kappa shape index (κ1) is 20.0. The fraction of sp³-hybridized carbons (Fsp3) is 0.824. The van der Waals surface area contributed by atoms with Crippen LogP contribution in [-0.2, 0) is 14.4 Å². The fourth-order valence-corrected chi connectivity index (χ4v) is 4.00. The van der Waals surface area contributed by atoms with E-state index in [9.17, 15) is 14.4 Å². The average Bonchev–Trinajstić information content (AvgIpc) is 3.23. The summed E-state index contributed by atoms with van der Waals surface area (Å²) in [4.78, 5) is 39.9. The van der Waals surface area contributed by atoms with Gasteiger partial charge in [-0.15, -0.1) is 12.4 Å². The molecule has 0 bridgehead atoms. The third kappa shape index (κ3) is 4.85. The zero-order valence-corrected chi connectivity index (χ0v) is 15.6. The number of rotatable bonds is 4. The lowest BCUT2D eigenvalue weighted by Crippen LogP contribution is -2.48. The van der Waals surface area contributed by atoms with Crippen molar-refractivity contribution in [2.24, 2.45) is 11.8 Å². The van der Waals surface area contributed by atoms with Crippen LogP contribution in [0.5, 0.6) is 0 Å². The number of nitrogens with zero attached hydrogens (tertiary/aromatic N) is 2. The molecule has 7 nitrogen and oxygen atoms in total. The normalized spacial score (nSPS) is 29.5. The third-order valence-electron chi connectivity index (χ3n) is 5.46. The minimum Gasteiger partial charge on any atom is -0.354 e. The van der Waals surface area contributed by atoms with Crippen molar-refractivity contribution in [2.75, 3.05) is 39.8 Å². The van der Waals surface area contributed by atoms with E-state index in [-0.39, 0.29) is 42.1 Å². The summed E-state index contributed by atoms with van der Waals surface area (Å²) in [5, 5.41) is 6.24. The second-order valence-electron chi connectivity index (χ2n) is 7.36. The van der Waals surface area contributed by atoms with Crippen molar-refractivity contribution >= 4 is 30.1 Å². The Balaban J connectivity index is 0.00000225. The Morgan fingerprint density at radius 1 is 1.24 bits per heavy atom. The quantitative estimate of drug-likeness (QED) is 0.727. The highest BCUT2D eigenvalue weighted by Gasteiger charge is 2.36. The van der Waals surface area contributed by atoms with Crippen molar-refractivity contribution in [3.63, 3.8) is 0 Å². The molecule has 3 heterocycles. The van der Waals surface area contributed by atoms with Crippen molar-refractivity contribution in [3.05, 3.63) is 0 Å². The first-order valence-electron chi connectivity index (χ1n) is 9.08. The second-order valence-corrected chi connectivity index (χ2v) is 7.36. The number of hydrogen-bond donors (Lipinski definition) is 2. The summed E-state index contributed by atoms with van der Waals surface area (Å²) in [5.74, 6) is 0.347. The van der Waals surface area contributed by atoms with Gasteiger partial charge in [0, 0.05) is 39.6 Å². The molecule has 3 unspecified atom stereocenters. The number of piperidine rings is 1. The summed E-state index contributed by atoms with van der Waals surface area (Å²) < 4.78 is 0. The third-order valence-corrected chi connectivity index (χ3v) is 5.46. The molecule has 0 aromatic carbocycles. The minimum atomic E-state index is -0.196. The zero-order valence-electron chi connectivity index (χ0n) is 14.8. The van der Waals surface area contributed by atoms with Gasteiger partial charge in [-0.25, -0.2) is 0 Å². The number of halogens is 1.